The third kappa shape index (κ3) is 4.26. The Morgan fingerprint density at radius 3 is 2.67 bits per heavy atom. The summed E-state index contributed by atoms with van der Waals surface area (Å²) in [6.07, 6.45) is 4.02. The van der Waals surface area contributed by atoms with Crippen LogP contribution in [-0.4, -0.2) is 22.0 Å². The molecule has 1 fully saturated rings. The number of urea groups is 1. The molecule has 1 aliphatic carbocycles. The number of pyridine rings is 1. The standard InChI is InChI=1S/C24H25ClFN3O/c1-15-11-16(2)22-17(12-15)13-18(23(25)28-22)14-29(19-7-3-4-8-19)24(30)27-21-10-6-5-9-20(21)26/h5-6,9-13,19H,3-4,7-8,14H2,1-2H3,(H,27,30). The van der Waals surface area contributed by atoms with Crippen molar-refractivity contribution in [3.63, 3.8) is 0 Å². The van der Waals surface area contributed by atoms with Crippen molar-refractivity contribution < 1.29 is 9.18 Å². The predicted octanol–water partition coefficient (Wildman–Crippen LogP) is 6.62. The number of hydrogen-bond acceptors (Lipinski definition) is 2. The number of anilines is 1. The summed E-state index contributed by atoms with van der Waals surface area (Å²) in [5, 5.41) is 4.14. The third-order valence-electron chi connectivity index (χ3n) is 5.76. The fraction of sp³-hybridized carbons (Fsp3) is 0.333. The zero-order valence-electron chi connectivity index (χ0n) is 17.2. The molecule has 1 saturated carbocycles. The number of aromatic nitrogens is 1. The van der Waals surface area contributed by atoms with E-state index in [0.29, 0.717) is 11.7 Å². The average Bonchev–Trinajstić information content (AvgIpc) is 3.23. The molecular weight excluding hydrogens is 401 g/mol. The Kier molecular flexibility index (Phi) is 5.91. The molecule has 0 unspecified atom stereocenters. The second kappa shape index (κ2) is 8.60. The Hall–Kier alpha value is -2.66. The number of amides is 2. The number of benzene rings is 2. The molecule has 6 heteroatoms. The lowest BCUT2D eigenvalue weighted by molar-refractivity contribution is 0.184. The molecule has 4 rings (SSSR count). The van der Waals surface area contributed by atoms with Gasteiger partial charge in [0.1, 0.15) is 11.0 Å². The van der Waals surface area contributed by atoms with Crippen molar-refractivity contribution in [1.29, 1.82) is 0 Å². The van der Waals surface area contributed by atoms with Gasteiger partial charge in [0.15, 0.2) is 0 Å². The van der Waals surface area contributed by atoms with Gasteiger partial charge in [-0.05, 0) is 56.5 Å². The van der Waals surface area contributed by atoms with Crippen LogP contribution in [0.15, 0.2) is 42.5 Å². The van der Waals surface area contributed by atoms with Crippen LogP contribution in [-0.2, 0) is 6.54 Å². The fourth-order valence-electron chi connectivity index (χ4n) is 4.30. The van der Waals surface area contributed by atoms with Crippen molar-refractivity contribution in [2.75, 3.05) is 5.32 Å². The highest BCUT2D eigenvalue weighted by Crippen LogP contribution is 2.30. The highest BCUT2D eigenvalue weighted by atomic mass is 35.5. The quantitative estimate of drug-likeness (QED) is 0.477. The fourth-order valence-corrected chi connectivity index (χ4v) is 4.50. The van der Waals surface area contributed by atoms with E-state index in [2.05, 4.69) is 22.4 Å². The third-order valence-corrected chi connectivity index (χ3v) is 6.09. The minimum absolute atomic E-state index is 0.0998. The van der Waals surface area contributed by atoms with Crippen molar-refractivity contribution in [3.05, 3.63) is 70.1 Å². The molecule has 1 aromatic heterocycles. The van der Waals surface area contributed by atoms with Crippen LogP contribution >= 0.6 is 11.6 Å². The number of fused-ring (bicyclic) bond motifs is 1. The second-order valence-corrected chi connectivity index (χ2v) is 8.43. The molecule has 2 aromatic carbocycles. The smallest absolute Gasteiger partial charge is 0.317 e. The number of halogens is 2. The Morgan fingerprint density at radius 2 is 1.93 bits per heavy atom. The Morgan fingerprint density at radius 1 is 1.20 bits per heavy atom. The molecule has 2 amide bonds. The van der Waals surface area contributed by atoms with E-state index in [-0.39, 0.29) is 17.8 Å². The van der Waals surface area contributed by atoms with Gasteiger partial charge in [0.25, 0.3) is 0 Å². The summed E-state index contributed by atoms with van der Waals surface area (Å²) in [7, 11) is 0. The lowest BCUT2D eigenvalue weighted by atomic mass is 10.0. The van der Waals surface area contributed by atoms with Gasteiger partial charge >= 0.3 is 6.03 Å². The summed E-state index contributed by atoms with van der Waals surface area (Å²) in [6, 6.07) is 12.2. The van der Waals surface area contributed by atoms with Crippen LogP contribution in [0.25, 0.3) is 10.9 Å². The predicted molar refractivity (Wildman–Crippen MR) is 119 cm³/mol. The molecule has 30 heavy (non-hydrogen) atoms. The molecular formula is C24H25ClFN3O. The number of aryl methyl sites for hydroxylation is 2. The number of carbonyl (C=O) groups is 1. The SMILES string of the molecule is Cc1cc(C)c2nc(Cl)c(CN(C(=O)Nc3ccccc3F)C3CCCC3)cc2c1. The van der Waals surface area contributed by atoms with Crippen molar-refractivity contribution in [3.8, 4) is 0 Å². The maximum absolute atomic E-state index is 14.1. The molecule has 0 spiro atoms. The van der Waals surface area contributed by atoms with Gasteiger partial charge in [0.05, 0.1) is 17.7 Å². The molecule has 1 N–H and O–H groups in total. The first-order valence-electron chi connectivity index (χ1n) is 10.3. The molecule has 0 saturated heterocycles. The van der Waals surface area contributed by atoms with Crippen LogP contribution in [0.5, 0.6) is 0 Å². The van der Waals surface area contributed by atoms with Gasteiger partial charge in [-0.1, -0.05) is 48.2 Å². The molecule has 1 heterocycles. The minimum atomic E-state index is -0.450. The summed E-state index contributed by atoms with van der Waals surface area (Å²) < 4.78 is 14.1. The minimum Gasteiger partial charge on any atom is -0.317 e. The first-order chi connectivity index (χ1) is 14.4. The van der Waals surface area contributed by atoms with Crippen molar-refractivity contribution in [2.24, 2.45) is 0 Å². The largest absolute Gasteiger partial charge is 0.322 e. The van der Waals surface area contributed by atoms with Crippen LogP contribution in [0, 0.1) is 19.7 Å². The van der Waals surface area contributed by atoms with E-state index in [4.69, 9.17) is 11.6 Å². The monoisotopic (exact) mass is 425 g/mol. The number of rotatable bonds is 4. The van der Waals surface area contributed by atoms with Crippen LogP contribution in [0.4, 0.5) is 14.9 Å². The zero-order chi connectivity index (χ0) is 21.3. The normalized spacial score (nSPS) is 14.3. The number of carbonyl (C=O) groups excluding carboxylic acids is 1. The number of nitrogens with one attached hydrogen (secondary N) is 1. The molecule has 0 atom stereocenters. The first-order valence-corrected chi connectivity index (χ1v) is 10.7. The molecule has 1 aliphatic rings. The van der Waals surface area contributed by atoms with E-state index in [0.717, 1.165) is 53.3 Å². The van der Waals surface area contributed by atoms with Crippen molar-refractivity contribution >= 4 is 34.2 Å². The number of hydrogen-bond donors (Lipinski definition) is 1. The summed E-state index contributed by atoms with van der Waals surface area (Å²) in [5.41, 5.74) is 4.07. The molecule has 0 aliphatic heterocycles. The van der Waals surface area contributed by atoms with E-state index in [1.54, 1.807) is 23.1 Å². The van der Waals surface area contributed by atoms with Gasteiger partial charge in [0, 0.05) is 17.0 Å². The molecule has 156 valence electrons. The Labute approximate surface area is 181 Å². The zero-order valence-corrected chi connectivity index (χ0v) is 18.0. The average molecular weight is 426 g/mol. The van der Waals surface area contributed by atoms with Gasteiger partial charge in [-0.15, -0.1) is 0 Å². The summed E-state index contributed by atoms with van der Waals surface area (Å²) in [5.74, 6) is -0.450. The van der Waals surface area contributed by atoms with Crippen LogP contribution in [0.2, 0.25) is 5.15 Å². The van der Waals surface area contributed by atoms with E-state index in [1.165, 1.54) is 6.07 Å². The second-order valence-electron chi connectivity index (χ2n) is 8.07. The summed E-state index contributed by atoms with van der Waals surface area (Å²) in [6.45, 7) is 4.40. The van der Waals surface area contributed by atoms with E-state index in [1.807, 2.05) is 19.9 Å². The van der Waals surface area contributed by atoms with Crippen molar-refractivity contribution in [2.45, 2.75) is 52.1 Å². The number of nitrogens with zero attached hydrogens (tertiary/aromatic N) is 2. The van der Waals surface area contributed by atoms with Crippen LogP contribution < -0.4 is 5.32 Å². The van der Waals surface area contributed by atoms with Gasteiger partial charge in [-0.25, -0.2) is 14.2 Å². The highest BCUT2D eigenvalue weighted by molar-refractivity contribution is 6.30. The van der Waals surface area contributed by atoms with Gasteiger partial charge < -0.3 is 10.2 Å². The van der Waals surface area contributed by atoms with Gasteiger partial charge in [-0.2, -0.15) is 0 Å². The van der Waals surface area contributed by atoms with Crippen molar-refractivity contribution in [1.82, 2.24) is 9.88 Å². The maximum atomic E-state index is 14.1. The Bertz CT molecular complexity index is 1100. The summed E-state index contributed by atoms with van der Waals surface area (Å²) in [4.78, 5) is 19.5. The van der Waals surface area contributed by atoms with E-state index < -0.39 is 5.82 Å². The first kappa shape index (κ1) is 20.6. The molecule has 3 aromatic rings. The molecule has 0 radical (unpaired) electrons. The maximum Gasteiger partial charge on any atom is 0.322 e. The lowest BCUT2D eigenvalue weighted by Crippen LogP contribution is -2.41. The van der Waals surface area contributed by atoms with Crippen LogP contribution in [0.1, 0.15) is 42.4 Å². The van der Waals surface area contributed by atoms with Gasteiger partial charge in [-0.3, -0.25) is 0 Å². The van der Waals surface area contributed by atoms with Crippen LogP contribution in [0.3, 0.4) is 0 Å². The molecule has 4 nitrogen and oxygen atoms in total. The van der Waals surface area contributed by atoms with Gasteiger partial charge in [0.2, 0.25) is 0 Å². The topological polar surface area (TPSA) is 45.2 Å². The summed E-state index contributed by atoms with van der Waals surface area (Å²) >= 11 is 6.53. The Balaban J connectivity index is 1.66. The lowest BCUT2D eigenvalue weighted by Gasteiger charge is -2.29. The molecule has 0 bridgehead atoms. The number of para-hydroxylation sites is 1. The van der Waals surface area contributed by atoms with E-state index in [9.17, 15) is 9.18 Å². The van der Waals surface area contributed by atoms with E-state index >= 15 is 0 Å². The highest BCUT2D eigenvalue weighted by Gasteiger charge is 2.28.